The zero-order valence-electron chi connectivity index (χ0n) is 8.94. The maximum atomic E-state index is 10.1. The predicted molar refractivity (Wildman–Crippen MR) is 56.8 cm³/mol. The number of aliphatic hydroxyl groups is 1. The number of fused-ring (bicyclic) bond motifs is 1. The van der Waals surface area contributed by atoms with E-state index in [1.54, 1.807) is 0 Å². The van der Waals surface area contributed by atoms with Crippen LogP contribution in [0.2, 0.25) is 0 Å². The van der Waals surface area contributed by atoms with E-state index < -0.39 is 5.60 Å². The van der Waals surface area contributed by atoms with Crippen LogP contribution in [-0.2, 0) is 10.3 Å². The maximum Gasteiger partial charge on any atom is 0.161 e. The van der Waals surface area contributed by atoms with Crippen molar-refractivity contribution >= 4 is 0 Å². The van der Waals surface area contributed by atoms with Gasteiger partial charge in [-0.3, -0.25) is 0 Å². The van der Waals surface area contributed by atoms with Crippen molar-refractivity contribution in [2.75, 3.05) is 26.4 Å². The summed E-state index contributed by atoms with van der Waals surface area (Å²) in [5, 5.41) is 10.1. The summed E-state index contributed by atoms with van der Waals surface area (Å²) in [7, 11) is 0. The Hall–Kier alpha value is -1.26. The maximum absolute atomic E-state index is 10.1. The average Bonchev–Trinajstić information content (AvgIpc) is 2.49. The van der Waals surface area contributed by atoms with E-state index >= 15 is 0 Å². The van der Waals surface area contributed by atoms with Crippen molar-refractivity contribution in [3.8, 4) is 11.5 Å². The second kappa shape index (κ2) is 3.64. The van der Waals surface area contributed by atoms with Crippen molar-refractivity contribution in [3.63, 3.8) is 0 Å². The smallest absolute Gasteiger partial charge is 0.161 e. The van der Waals surface area contributed by atoms with E-state index in [0.29, 0.717) is 26.4 Å². The molecule has 2 aliphatic rings. The molecule has 86 valence electrons. The van der Waals surface area contributed by atoms with Gasteiger partial charge in [0, 0.05) is 6.42 Å². The zero-order valence-corrected chi connectivity index (χ0v) is 8.94. The van der Waals surface area contributed by atoms with Crippen LogP contribution in [0.25, 0.3) is 0 Å². The number of benzene rings is 1. The van der Waals surface area contributed by atoms with Gasteiger partial charge in [-0.15, -0.1) is 0 Å². The van der Waals surface area contributed by atoms with Gasteiger partial charge < -0.3 is 19.3 Å². The van der Waals surface area contributed by atoms with E-state index in [1.807, 2.05) is 18.2 Å². The summed E-state index contributed by atoms with van der Waals surface area (Å²) in [4.78, 5) is 0. The monoisotopic (exact) mass is 222 g/mol. The Morgan fingerprint density at radius 2 is 1.81 bits per heavy atom. The molecule has 1 aromatic rings. The molecular weight excluding hydrogens is 208 g/mol. The Bertz CT molecular complexity index is 398. The van der Waals surface area contributed by atoms with E-state index in [0.717, 1.165) is 23.5 Å². The van der Waals surface area contributed by atoms with Crippen LogP contribution in [0.5, 0.6) is 11.5 Å². The van der Waals surface area contributed by atoms with E-state index in [9.17, 15) is 5.11 Å². The van der Waals surface area contributed by atoms with Crippen LogP contribution in [0.1, 0.15) is 12.0 Å². The fraction of sp³-hybridized carbons (Fsp3) is 0.500. The molecule has 0 radical (unpaired) electrons. The number of ether oxygens (including phenoxy) is 3. The first-order chi connectivity index (χ1) is 7.78. The Morgan fingerprint density at radius 3 is 2.50 bits per heavy atom. The molecule has 0 unspecified atom stereocenters. The van der Waals surface area contributed by atoms with Gasteiger partial charge >= 0.3 is 0 Å². The first-order valence-corrected chi connectivity index (χ1v) is 5.48. The molecule has 1 saturated heterocycles. The molecule has 16 heavy (non-hydrogen) atoms. The Labute approximate surface area is 93.7 Å². The molecule has 1 aromatic carbocycles. The largest absolute Gasteiger partial charge is 0.490 e. The van der Waals surface area contributed by atoms with Crippen LogP contribution < -0.4 is 9.47 Å². The second-order valence-electron chi connectivity index (χ2n) is 4.24. The van der Waals surface area contributed by atoms with Gasteiger partial charge in [0.05, 0.1) is 26.4 Å². The van der Waals surface area contributed by atoms with E-state index in [2.05, 4.69) is 0 Å². The molecule has 0 saturated carbocycles. The third kappa shape index (κ3) is 1.54. The molecule has 0 spiro atoms. The molecular formula is C12H14O4. The van der Waals surface area contributed by atoms with Gasteiger partial charge in [0.25, 0.3) is 0 Å². The molecule has 2 heterocycles. The highest BCUT2D eigenvalue weighted by Crippen LogP contribution is 2.36. The van der Waals surface area contributed by atoms with Crippen molar-refractivity contribution in [2.45, 2.75) is 12.0 Å². The molecule has 0 atom stereocenters. The second-order valence-corrected chi connectivity index (χ2v) is 4.24. The molecule has 0 amide bonds. The molecule has 0 aromatic heterocycles. The van der Waals surface area contributed by atoms with Crippen LogP contribution in [0.3, 0.4) is 0 Å². The number of rotatable bonds is 1. The molecule has 2 aliphatic heterocycles. The first-order valence-electron chi connectivity index (χ1n) is 5.48. The number of hydrogen-bond acceptors (Lipinski definition) is 4. The molecule has 4 nitrogen and oxygen atoms in total. The fourth-order valence-corrected chi connectivity index (χ4v) is 1.91. The van der Waals surface area contributed by atoms with Crippen LogP contribution in [0.15, 0.2) is 18.2 Å². The zero-order chi connectivity index (χ0) is 11.0. The third-order valence-electron chi connectivity index (χ3n) is 2.97. The summed E-state index contributed by atoms with van der Waals surface area (Å²) < 4.78 is 16.1. The lowest BCUT2D eigenvalue weighted by molar-refractivity contribution is -0.184. The van der Waals surface area contributed by atoms with Gasteiger partial charge in [0.15, 0.2) is 11.5 Å². The van der Waals surface area contributed by atoms with Crippen molar-refractivity contribution in [1.82, 2.24) is 0 Å². The normalized spacial score (nSPS) is 22.1. The minimum atomic E-state index is -0.843. The summed E-state index contributed by atoms with van der Waals surface area (Å²) in [6.45, 7) is 2.05. The first kappa shape index (κ1) is 9.93. The van der Waals surface area contributed by atoms with Crippen LogP contribution in [-0.4, -0.2) is 31.5 Å². The van der Waals surface area contributed by atoms with Crippen molar-refractivity contribution in [3.05, 3.63) is 23.8 Å². The Morgan fingerprint density at radius 1 is 1.06 bits per heavy atom. The summed E-state index contributed by atoms with van der Waals surface area (Å²) in [6.07, 6.45) is 0.886. The summed E-state index contributed by atoms with van der Waals surface area (Å²) in [5.41, 5.74) is -0.00645. The summed E-state index contributed by atoms with van der Waals surface area (Å²) in [5.74, 6) is 1.47. The molecule has 1 N–H and O–H groups in total. The molecule has 4 heteroatoms. The van der Waals surface area contributed by atoms with Gasteiger partial charge in [-0.2, -0.15) is 0 Å². The highest BCUT2D eigenvalue weighted by atomic mass is 16.5. The third-order valence-corrected chi connectivity index (χ3v) is 2.97. The van der Waals surface area contributed by atoms with Crippen molar-refractivity contribution in [1.29, 1.82) is 0 Å². The van der Waals surface area contributed by atoms with E-state index in [4.69, 9.17) is 14.2 Å². The van der Waals surface area contributed by atoms with Gasteiger partial charge in [-0.05, 0) is 17.7 Å². The van der Waals surface area contributed by atoms with Crippen LogP contribution in [0, 0.1) is 0 Å². The summed E-state index contributed by atoms with van der Waals surface area (Å²) in [6, 6.07) is 5.57. The topological polar surface area (TPSA) is 47.9 Å². The SMILES string of the molecule is OC1(c2ccc3c(c2)OCCCO3)COC1. The Balaban J connectivity index is 1.94. The summed E-state index contributed by atoms with van der Waals surface area (Å²) >= 11 is 0. The van der Waals surface area contributed by atoms with Gasteiger partial charge in [0.2, 0.25) is 0 Å². The molecule has 0 aliphatic carbocycles. The molecule has 3 rings (SSSR count). The van der Waals surface area contributed by atoms with Crippen LogP contribution in [0.4, 0.5) is 0 Å². The minimum absolute atomic E-state index is 0.354. The fourth-order valence-electron chi connectivity index (χ4n) is 1.91. The standard InChI is InChI=1S/C12H14O4/c13-12(7-14-8-12)9-2-3-10-11(6-9)16-5-1-4-15-10/h2-3,6,13H,1,4-5,7-8H2. The van der Waals surface area contributed by atoms with E-state index in [-0.39, 0.29) is 0 Å². The molecule has 0 bridgehead atoms. The lowest BCUT2D eigenvalue weighted by Crippen LogP contribution is -2.46. The number of hydrogen-bond donors (Lipinski definition) is 1. The van der Waals surface area contributed by atoms with Crippen molar-refractivity contribution < 1.29 is 19.3 Å². The van der Waals surface area contributed by atoms with Crippen molar-refractivity contribution in [2.24, 2.45) is 0 Å². The minimum Gasteiger partial charge on any atom is -0.490 e. The van der Waals surface area contributed by atoms with Gasteiger partial charge in [-0.1, -0.05) is 6.07 Å². The van der Waals surface area contributed by atoms with Gasteiger partial charge in [0.1, 0.15) is 5.60 Å². The highest BCUT2D eigenvalue weighted by Gasteiger charge is 2.38. The molecule has 1 fully saturated rings. The Kier molecular flexibility index (Phi) is 2.26. The van der Waals surface area contributed by atoms with Gasteiger partial charge in [-0.25, -0.2) is 0 Å². The average molecular weight is 222 g/mol. The van der Waals surface area contributed by atoms with E-state index in [1.165, 1.54) is 0 Å². The van der Waals surface area contributed by atoms with Crippen LogP contribution >= 0.6 is 0 Å². The quantitative estimate of drug-likeness (QED) is 0.772. The highest BCUT2D eigenvalue weighted by molar-refractivity contribution is 5.45. The predicted octanol–water partition coefficient (Wildman–Crippen LogP) is 1.07. The lowest BCUT2D eigenvalue weighted by atomic mass is 9.92. The lowest BCUT2D eigenvalue weighted by Gasteiger charge is -2.36.